The third-order valence-electron chi connectivity index (χ3n) is 2.22. The van der Waals surface area contributed by atoms with Gasteiger partial charge in [0, 0.05) is 5.69 Å². The molecule has 0 saturated heterocycles. The van der Waals surface area contributed by atoms with E-state index >= 15 is 0 Å². The third-order valence-corrected chi connectivity index (χ3v) is 2.22. The molecular formula is C11H14F3N. The Labute approximate surface area is 87.1 Å². The second-order valence-electron chi connectivity index (χ2n) is 4.51. The molecule has 0 aromatic heterocycles. The van der Waals surface area contributed by atoms with Gasteiger partial charge in [-0.25, -0.2) is 0 Å². The lowest BCUT2D eigenvalue weighted by molar-refractivity contribution is -0.136. The molecule has 0 aliphatic heterocycles. The highest BCUT2D eigenvalue weighted by Crippen LogP contribution is 2.38. The zero-order valence-electron chi connectivity index (χ0n) is 8.94. The molecule has 0 amide bonds. The predicted octanol–water partition coefficient (Wildman–Crippen LogP) is 3.59. The highest BCUT2D eigenvalue weighted by Gasteiger charge is 2.34. The van der Waals surface area contributed by atoms with Crippen molar-refractivity contribution >= 4 is 5.69 Å². The summed E-state index contributed by atoms with van der Waals surface area (Å²) < 4.78 is 37.6. The summed E-state index contributed by atoms with van der Waals surface area (Å²) in [6.07, 6.45) is -4.38. The quantitative estimate of drug-likeness (QED) is 0.660. The van der Waals surface area contributed by atoms with E-state index < -0.39 is 11.7 Å². The molecule has 0 spiro atoms. The van der Waals surface area contributed by atoms with E-state index in [4.69, 9.17) is 5.73 Å². The molecule has 0 heterocycles. The topological polar surface area (TPSA) is 26.0 Å². The summed E-state index contributed by atoms with van der Waals surface area (Å²) in [5.74, 6) is 0. The molecule has 15 heavy (non-hydrogen) atoms. The Bertz CT molecular complexity index is 329. The van der Waals surface area contributed by atoms with E-state index in [1.54, 1.807) is 6.07 Å². The average molecular weight is 217 g/mol. The number of hydrogen-bond donors (Lipinski definition) is 1. The Hall–Kier alpha value is -1.19. The summed E-state index contributed by atoms with van der Waals surface area (Å²) >= 11 is 0. The van der Waals surface area contributed by atoms with Crippen LogP contribution in [0.5, 0.6) is 0 Å². The van der Waals surface area contributed by atoms with Crippen LogP contribution in [0.25, 0.3) is 0 Å². The van der Waals surface area contributed by atoms with E-state index in [-0.39, 0.29) is 11.1 Å². The van der Waals surface area contributed by atoms with Crippen molar-refractivity contribution in [2.75, 3.05) is 5.73 Å². The van der Waals surface area contributed by atoms with Gasteiger partial charge in [-0.1, -0.05) is 32.9 Å². The fourth-order valence-corrected chi connectivity index (χ4v) is 1.47. The monoisotopic (exact) mass is 217 g/mol. The molecule has 1 aromatic carbocycles. The van der Waals surface area contributed by atoms with Crippen molar-refractivity contribution < 1.29 is 13.2 Å². The fourth-order valence-electron chi connectivity index (χ4n) is 1.47. The first-order chi connectivity index (χ1) is 6.64. The van der Waals surface area contributed by atoms with Gasteiger partial charge in [-0.15, -0.1) is 0 Å². The third kappa shape index (κ3) is 2.43. The maximum Gasteiger partial charge on any atom is 0.418 e. The van der Waals surface area contributed by atoms with Crippen molar-refractivity contribution in [3.05, 3.63) is 29.3 Å². The van der Waals surface area contributed by atoms with Crippen LogP contribution >= 0.6 is 0 Å². The lowest BCUT2D eigenvalue weighted by Crippen LogP contribution is -2.18. The van der Waals surface area contributed by atoms with Crippen LogP contribution in [0.1, 0.15) is 31.9 Å². The highest BCUT2D eigenvalue weighted by molar-refractivity contribution is 5.57. The molecule has 0 saturated carbocycles. The van der Waals surface area contributed by atoms with E-state index in [9.17, 15) is 13.2 Å². The Morgan fingerprint density at radius 3 is 1.87 bits per heavy atom. The first kappa shape index (κ1) is 11.9. The lowest BCUT2D eigenvalue weighted by atomic mass is 9.84. The van der Waals surface area contributed by atoms with Crippen LogP contribution in [0.15, 0.2) is 18.2 Å². The number of anilines is 1. The highest BCUT2D eigenvalue weighted by atomic mass is 19.4. The number of hydrogen-bond acceptors (Lipinski definition) is 1. The normalized spacial score (nSPS) is 12.9. The number of nitrogen functional groups attached to an aromatic ring is 1. The molecule has 2 N–H and O–H groups in total. The van der Waals surface area contributed by atoms with Crippen LogP contribution in [0.2, 0.25) is 0 Å². The first-order valence-corrected chi connectivity index (χ1v) is 4.60. The molecule has 0 aliphatic carbocycles. The lowest BCUT2D eigenvalue weighted by Gasteiger charge is -2.23. The molecule has 1 nitrogen and oxygen atoms in total. The zero-order chi connectivity index (χ0) is 11.9. The van der Waals surface area contributed by atoms with Crippen LogP contribution in [0.4, 0.5) is 18.9 Å². The van der Waals surface area contributed by atoms with Crippen LogP contribution in [0.3, 0.4) is 0 Å². The van der Waals surface area contributed by atoms with Crippen molar-refractivity contribution in [2.45, 2.75) is 32.4 Å². The van der Waals surface area contributed by atoms with Gasteiger partial charge >= 0.3 is 6.18 Å². The van der Waals surface area contributed by atoms with Crippen LogP contribution in [-0.4, -0.2) is 0 Å². The van der Waals surface area contributed by atoms with Gasteiger partial charge in [0.25, 0.3) is 0 Å². The van der Waals surface area contributed by atoms with Gasteiger partial charge in [0.05, 0.1) is 5.56 Å². The Balaban J connectivity index is 3.37. The van der Waals surface area contributed by atoms with Gasteiger partial charge in [0.1, 0.15) is 0 Å². The Morgan fingerprint density at radius 1 is 1.00 bits per heavy atom. The zero-order valence-corrected chi connectivity index (χ0v) is 8.94. The molecule has 0 fully saturated rings. The van der Waals surface area contributed by atoms with Crippen LogP contribution < -0.4 is 5.73 Å². The maximum absolute atomic E-state index is 12.5. The summed E-state index contributed by atoms with van der Waals surface area (Å²) in [7, 11) is 0. The second-order valence-corrected chi connectivity index (χ2v) is 4.51. The summed E-state index contributed by atoms with van der Waals surface area (Å²) in [6, 6.07) is 4.02. The van der Waals surface area contributed by atoms with Gasteiger partial charge in [0.2, 0.25) is 0 Å². The molecule has 0 radical (unpaired) electrons. The predicted molar refractivity (Wildman–Crippen MR) is 54.6 cm³/mol. The molecular weight excluding hydrogens is 203 g/mol. The number of rotatable bonds is 0. The summed E-state index contributed by atoms with van der Waals surface area (Å²) in [5.41, 5.74) is 4.75. The van der Waals surface area contributed by atoms with E-state index in [1.807, 2.05) is 20.8 Å². The number of alkyl halides is 3. The van der Waals surface area contributed by atoms with Crippen molar-refractivity contribution in [1.82, 2.24) is 0 Å². The van der Waals surface area contributed by atoms with E-state index in [1.165, 1.54) is 6.07 Å². The van der Waals surface area contributed by atoms with Crippen LogP contribution in [-0.2, 0) is 11.6 Å². The Morgan fingerprint density at radius 2 is 1.47 bits per heavy atom. The molecule has 4 heteroatoms. The van der Waals surface area contributed by atoms with Crippen molar-refractivity contribution in [1.29, 1.82) is 0 Å². The van der Waals surface area contributed by atoms with E-state index in [0.29, 0.717) is 5.56 Å². The van der Waals surface area contributed by atoms with Gasteiger partial charge in [-0.05, 0) is 17.0 Å². The molecule has 0 aliphatic rings. The molecule has 84 valence electrons. The van der Waals surface area contributed by atoms with Gasteiger partial charge in [-0.2, -0.15) is 13.2 Å². The molecule has 0 bridgehead atoms. The molecule has 1 aromatic rings. The van der Waals surface area contributed by atoms with Crippen molar-refractivity contribution in [2.24, 2.45) is 0 Å². The molecule has 0 atom stereocenters. The van der Waals surface area contributed by atoms with Gasteiger partial charge in [0.15, 0.2) is 0 Å². The number of nitrogens with two attached hydrogens (primary N) is 1. The van der Waals surface area contributed by atoms with Crippen LogP contribution in [0, 0.1) is 0 Å². The number of benzene rings is 1. The maximum atomic E-state index is 12.5. The van der Waals surface area contributed by atoms with E-state index in [0.717, 1.165) is 6.07 Å². The molecule has 0 unspecified atom stereocenters. The van der Waals surface area contributed by atoms with E-state index in [2.05, 4.69) is 0 Å². The largest absolute Gasteiger partial charge is 0.418 e. The smallest absolute Gasteiger partial charge is 0.398 e. The summed E-state index contributed by atoms with van der Waals surface area (Å²) in [4.78, 5) is 0. The van der Waals surface area contributed by atoms with Gasteiger partial charge in [-0.3, -0.25) is 0 Å². The minimum absolute atomic E-state index is 0.169. The minimum atomic E-state index is -4.38. The van der Waals surface area contributed by atoms with Gasteiger partial charge < -0.3 is 5.73 Å². The van der Waals surface area contributed by atoms with Crippen molar-refractivity contribution in [3.8, 4) is 0 Å². The Kier molecular flexibility index (Phi) is 2.72. The second kappa shape index (κ2) is 3.43. The first-order valence-electron chi connectivity index (χ1n) is 4.60. The summed E-state index contributed by atoms with van der Waals surface area (Å²) in [5, 5.41) is 0. The molecule has 1 rings (SSSR count). The standard InChI is InChI=1S/C11H14F3N/c1-10(2,3)7-5-4-6-8(9(7)15)11(12,13)14/h4-6H,15H2,1-3H3. The number of para-hydroxylation sites is 1. The average Bonchev–Trinajstić information content (AvgIpc) is 1.99. The SMILES string of the molecule is CC(C)(C)c1cccc(C(F)(F)F)c1N. The van der Waals surface area contributed by atoms with Crippen molar-refractivity contribution in [3.63, 3.8) is 0 Å². The summed E-state index contributed by atoms with van der Waals surface area (Å²) in [6.45, 7) is 5.50. The fraction of sp³-hybridized carbons (Fsp3) is 0.455. The minimum Gasteiger partial charge on any atom is -0.398 e. The number of halogens is 3.